The Labute approximate surface area is 104 Å². The van der Waals surface area contributed by atoms with Crippen molar-refractivity contribution in [2.45, 2.75) is 52.4 Å². The molecule has 1 aromatic rings. The molecule has 1 heterocycles. The lowest BCUT2D eigenvalue weighted by atomic mass is 9.97. The number of ether oxygens (including phenoxy) is 1. The number of benzene rings is 1. The van der Waals surface area contributed by atoms with Crippen molar-refractivity contribution in [1.82, 2.24) is 5.32 Å². The number of fused-ring (bicyclic) bond motifs is 1. The Morgan fingerprint density at radius 3 is 2.82 bits per heavy atom. The van der Waals surface area contributed by atoms with Gasteiger partial charge in [-0.15, -0.1) is 0 Å². The van der Waals surface area contributed by atoms with Crippen LogP contribution in [0.15, 0.2) is 18.2 Å². The topological polar surface area (TPSA) is 21.3 Å². The highest BCUT2D eigenvalue weighted by Gasteiger charge is 2.15. The predicted molar refractivity (Wildman–Crippen MR) is 70.9 cm³/mol. The summed E-state index contributed by atoms with van der Waals surface area (Å²) in [5, 5.41) is 3.58. The molecule has 0 radical (unpaired) electrons. The van der Waals surface area contributed by atoms with Gasteiger partial charge in [0.1, 0.15) is 0 Å². The van der Waals surface area contributed by atoms with Gasteiger partial charge in [-0.3, -0.25) is 0 Å². The Balaban J connectivity index is 2.11. The summed E-state index contributed by atoms with van der Waals surface area (Å²) in [5.74, 6) is 0. The van der Waals surface area contributed by atoms with Gasteiger partial charge >= 0.3 is 0 Å². The molecule has 2 heteroatoms. The predicted octanol–water partition coefficient (Wildman–Crippen LogP) is 3.56. The van der Waals surface area contributed by atoms with Crippen LogP contribution >= 0.6 is 0 Å². The fourth-order valence-corrected chi connectivity index (χ4v) is 2.45. The molecule has 1 unspecified atom stereocenters. The molecule has 1 aromatic carbocycles. The average Bonchev–Trinajstić information content (AvgIpc) is 2.81. The monoisotopic (exact) mass is 233 g/mol. The summed E-state index contributed by atoms with van der Waals surface area (Å²) in [6, 6.07) is 7.32. The molecule has 0 amide bonds. The summed E-state index contributed by atoms with van der Waals surface area (Å²) in [6.45, 7) is 7.03. The summed E-state index contributed by atoms with van der Waals surface area (Å²) in [6.07, 6.45) is 3.77. The van der Waals surface area contributed by atoms with E-state index in [2.05, 4.69) is 37.4 Å². The maximum Gasteiger partial charge on any atom is 0.0725 e. The van der Waals surface area contributed by atoms with Crippen LogP contribution in [0.3, 0.4) is 0 Å². The van der Waals surface area contributed by atoms with Crippen LogP contribution in [-0.2, 0) is 18.0 Å². The molecule has 1 aliphatic heterocycles. The van der Waals surface area contributed by atoms with Crippen molar-refractivity contribution < 1.29 is 4.74 Å². The lowest BCUT2D eigenvalue weighted by molar-refractivity contribution is 0.134. The van der Waals surface area contributed by atoms with Gasteiger partial charge < -0.3 is 10.1 Å². The van der Waals surface area contributed by atoms with Gasteiger partial charge in [-0.2, -0.15) is 0 Å². The Bertz CT molecular complexity index is 362. The van der Waals surface area contributed by atoms with Crippen LogP contribution < -0.4 is 5.32 Å². The molecule has 0 fully saturated rings. The zero-order valence-electron chi connectivity index (χ0n) is 11.0. The van der Waals surface area contributed by atoms with Gasteiger partial charge in [-0.05, 0) is 29.7 Å². The van der Waals surface area contributed by atoms with Crippen molar-refractivity contribution in [1.29, 1.82) is 0 Å². The van der Waals surface area contributed by atoms with Gasteiger partial charge in [0.25, 0.3) is 0 Å². The van der Waals surface area contributed by atoms with Crippen LogP contribution in [0.25, 0.3) is 0 Å². The molecular formula is C15H23NO. The van der Waals surface area contributed by atoms with Gasteiger partial charge in [-0.1, -0.05) is 44.9 Å². The van der Waals surface area contributed by atoms with Crippen LogP contribution in [0.4, 0.5) is 0 Å². The van der Waals surface area contributed by atoms with E-state index in [0.29, 0.717) is 6.04 Å². The minimum absolute atomic E-state index is 0.505. The van der Waals surface area contributed by atoms with Crippen molar-refractivity contribution in [3.8, 4) is 0 Å². The highest BCUT2D eigenvalue weighted by atomic mass is 16.5. The van der Waals surface area contributed by atoms with E-state index in [1.807, 2.05) is 0 Å². The Hall–Kier alpha value is -0.860. The van der Waals surface area contributed by atoms with Crippen molar-refractivity contribution in [3.63, 3.8) is 0 Å². The second-order valence-corrected chi connectivity index (χ2v) is 4.77. The summed E-state index contributed by atoms with van der Waals surface area (Å²) >= 11 is 0. The molecule has 0 saturated heterocycles. The van der Waals surface area contributed by atoms with Crippen molar-refractivity contribution >= 4 is 0 Å². The van der Waals surface area contributed by atoms with E-state index in [1.54, 1.807) is 0 Å². The second-order valence-electron chi connectivity index (χ2n) is 4.77. The maximum absolute atomic E-state index is 5.47. The van der Waals surface area contributed by atoms with Gasteiger partial charge in [0, 0.05) is 6.04 Å². The molecule has 2 nitrogen and oxygen atoms in total. The summed E-state index contributed by atoms with van der Waals surface area (Å²) in [5.41, 5.74) is 4.16. The Morgan fingerprint density at radius 2 is 2.06 bits per heavy atom. The Kier molecular flexibility index (Phi) is 4.57. The van der Waals surface area contributed by atoms with E-state index >= 15 is 0 Å². The van der Waals surface area contributed by atoms with E-state index < -0.39 is 0 Å². The second kappa shape index (κ2) is 6.18. The fraction of sp³-hybridized carbons (Fsp3) is 0.600. The summed E-state index contributed by atoms with van der Waals surface area (Å²) in [4.78, 5) is 0. The van der Waals surface area contributed by atoms with Gasteiger partial charge in [-0.25, -0.2) is 0 Å². The summed E-state index contributed by atoms with van der Waals surface area (Å²) < 4.78 is 5.47. The SMILES string of the molecule is CCCCC(NCC)c1ccc2c(c1)COC2. The van der Waals surface area contributed by atoms with Crippen LogP contribution in [0.2, 0.25) is 0 Å². The molecule has 0 aliphatic carbocycles. The lowest BCUT2D eigenvalue weighted by Crippen LogP contribution is -2.21. The molecule has 0 spiro atoms. The van der Waals surface area contributed by atoms with E-state index in [0.717, 1.165) is 19.8 Å². The van der Waals surface area contributed by atoms with Crippen molar-refractivity contribution in [2.24, 2.45) is 0 Å². The number of hydrogen-bond acceptors (Lipinski definition) is 2. The molecule has 17 heavy (non-hydrogen) atoms. The van der Waals surface area contributed by atoms with Gasteiger partial charge in [0.2, 0.25) is 0 Å². The first-order valence-corrected chi connectivity index (χ1v) is 6.78. The molecule has 1 N–H and O–H groups in total. The van der Waals surface area contributed by atoms with E-state index in [-0.39, 0.29) is 0 Å². The molecule has 2 rings (SSSR count). The molecule has 0 saturated carbocycles. The third kappa shape index (κ3) is 3.08. The normalized spacial score (nSPS) is 15.9. The highest BCUT2D eigenvalue weighted by Crippen LogP contribution is 2.26. The first-order valence-electron chi connectivity index (χ1n) is 6.78. The zero-order valence-corrected chi connectivity index (χ0v) is 11.0. The van der Waals surface area contributed by atoms with Crippen LogP contribution in [-0.4, -0.2) is 6.54 Å². The first-order chi connectivity index (χ1) is 8.35. The molecule has 1 atom stereocenters. The third-order valence-corrected chi connectivity index (χ3v) is 3.44. The molecule has 1 aliphatic rings. The van der Waals surface area contributed by atoms with E-state index in [9.17, 15) is 0 Å². The smallest absolute Gasteiger partial charge is 0.0725 e. The molecular weight excluding hydrogens is 210 g/mol. The lowest BCUT2D eigenvalue weighted by Gasteiger charge is -2.18. The quantitative estimate of drug-likeness (QED) is 0.811. The minimum atomic E-state index is 0.505. The first kappa shape index (κ1) is 12.6. The third-order valence-electron chi connectivity index (χ3n) is 3.44. The molecule has 94 valence electrons. The summed E-state index contributed by atoms with van der Waals surface area (Å²) in [7, 11) is 0. The van der Waals surface area contributed by atoms with Crippen LogP contribution in [0.1, 0.15) is 55.8 Å². The largest absolute Gasteiger partial charge is 0.372 e. The van der Waals surface area contributed by atoms with Crippen molar-refractivity contribution in [2.75, 3.05) is 6.54 Å². The maximum atomic E-state index is 5.47. The van der Waals surface area contributed by atoms with Gasteiger partial charge in [0.05, 0.1) is 13.2 Å². The minimum Gasteiger partial charge on any atom is -0.372 e. The van der Waals surface area contributed by atoms with Crippen LogP contribution in [0, 0.1) is 0 Å². The number of nitrogens with one attached hydrogen (secondary N) is 1. The number of rotatable bonds is 6. The fourth-order valence-electron chi connectivity index (χ4n) is 2.45. The van der Waals surface area contributed by atoms with Gasteiger partial charge in [0.15, 0.2) is 0 Å². The molecule has 0 aromatic heterocycles. The number of hydrogen-bond donors (Lipinski definition) is 1. The van der Waals surface area contributed by atoms with E-state index in [1.165, 1.54) is 36.0 Å². The number of unbranched alkanes of at least 4 members (excludes halogenated alkanes) is 1. The Morgan fingerprint density at radius 1 is 1.24 bits per heavy atom. The van der Waals surface area contributed by atoms with Crippen molar-refractivity contribution in [3.05, 3.63) is 34.9 Å². The zero-order chi connectivity index (χ0) is 12.1. The average molecular weight is 233 g/mol. The molecule has 0 bridgehead atoms. The van der Waals surface area contributed by atoms with E-state index in [4.69, 9.17) is 4.74 Å². The van der Waals surface area contributed by atoms with Crippen LogP contribution in [0.5, 0.6) is 0 Å². The standard InChI is InChI=1S/C15H23NO/c1-3-5-6-15(16-4-2)12-7-8-13-10-17-11-14(13)9-12/h7-9,15-16H,3-6,10-11H2,1-2H3. The highest BCUT2D eigenvalue weighted by molar-refractivity contribution is 5.34.